The second-order valence-corrected chi connectivity index (χ2v) is 15.2. The highest BCUT2D eigenvalue weighted by Gasteiger charge is 2.54. The van der Waals surface area contributed by atoms with Crippen LogP contribution in [-0.4, -0.2) is 9.97 Å². The van der Waals surface area contributed by atoms with Gasteiger partial charge in [0, 0.05) is 39.7 Å². The molecule has 0 saturated carbocycles. The Kier molecular flexibility index (Phi) is 6.67. The lowest BCUT2D eigenvalue weighted by atomic mass is 9.68. The third-order valence-corrected chi connectivity index (χ3v) is 12.4. The molecule has 56 heavy (non-hydrogen) atoms. The fourth-order valence-corrected chi connectivity index (χ4v) is 10.1. The third-order valence-electron chi connectivity index (χ3n) is 12.4. The summed E-state index contributed by atoms with van der Waals surface area (Å²) in [6.45, 7) is 0. The number of nitrogens with zero attached hydrogens (tertiary/aromatic N) is 3. The number of rotatable bonds is 4. The molecule has 3 nitrogen and oxygen atoms in total. The second kappa shape index (κ2) is 11.9. The van der Waals surface area contributed by atoms with Gasteiger partial charge in [-0.25, -0.2) is 9.97 Å². The van der Waals surface area contributed by atoms with Crippen molar-refractivity contribution in [1.29, 1.82) is 0 Å². The number of allylic oxidation sites excluding steroid dienone is 4. The lowest BCUT2D eigenvalue weighted by molar-refractivity contribution is 0.759. The summed E-state index contributed by atoms with van der Waals surface area (Å²) >= 11 is 0. The number of benzene rings is 7. The lowest BCUT2D eigenvalue weighted by Gasteiger charge is -2.35. The van der Waals surface area contributed by atoms with Crippen molar-refractivity contribution in [3.8, 4) is 45.0 Å². The summed E-state index contributed by atoms with van der Waals surface area (Å²) in [6, 6.07) is 68.2. The van der Waals surface area contributed by atoms with Crippen molar-refractivity contribution in [2.24, 2.45) is 0 Å². The van der Waals surface area contributed by atoms with Crippen molar-refractivity contribution in [1.82, 2.24) is 9.97 Å². The van der Waals surface area contributed by atoms with Crippen LogP contribution in [0.3, 0.4) is 0 Å². The molecule has 4 aliphatic rings. The van der Waals surface area contributed by atoms with E-state index in [-0.39, 0.29) is 5.92 Å². The molecular formula is C53H35N3. The molecule has 0 fully saturated rings. The van der Waals surface area contributed by atoms with Gasteiger partial charge in [0.25, 0.3) is 0 Å². The van der Waals surface area contributed by atoms with Crippen LogP contribution in [0.15, 0.2) is 205 Å². The number of fused-ring (bicyclic) bond motifs is 12. The number of para-hydroxylation sites is 2. The van der Waals surface area contributed by atoms with E-state index in [4.69, 9.17) is 9.97 Å². The van der Waals surface area contributed by atoms with Crippen molar-refractivity contribution in [2.45, 2.75) is 17.8 Å². The summed E-state index contributed by atoms with van der Waals surface area (Å²) in [5, 5.41) is 0. The number of hydrogen-bond acceptors (Lipinski definition) is 3. The summed E-state index contributed by atoms with van der Waals surface area (Å²) in [6.07, 6.45) is 3.52. The topological polar surface area (TPSA) is 29.0 Å². The first-order valence-corrected chi connectivity index (χ1v) is 19.5. The number of hydrogen-bond donors (Lipinski definition) is 0. The average molecular weight is 714 g/mol. The van der Waals surface area contributed by atoms with Crippen molar-refractivity contribution >= 4 is 16.9 Å². The van der Waals surface area contributed by atoms with Crippen molar-refractivity contribution in [2.75, 3.05) is 4.90 Å². The van der Waals surface area contributed by atoms with E-state index in [9.17, 15) is 0 Å². The Balaban J connectivity index is 1.11. The molecule has 1 aliphatic heterocycles. The van der Waals surface area contributed by atoms with Gasteiger partial charge in [0.05, 0.1) is 16.8 Å². The maximum Gasteiger partial charge on any atom is 0.160 e. The van der Waals surface area contributed by atoms with E-state index in [0.717, 1.165) is 40.3 Å². The monoisotopic (exact) mass is 713 g/mol. The normalized spacial score (nSPS) is 18.2. The molecule has 12 rings (SSSR count). The minimum atomic E-state index is -0.486. The van der Waals surface area contributed by atoms with Crippen LogP contribution in [0.2, 0.25) is 0 Å². The molecule has 0 bridgehead atoms. The minimum Gasteiger partial charge on any atom is -0.313 e. The van der Waals surface area contributed by atoms with Crippen LogP contribution >= 0.6 is 0 Å². The maximum atomic E-state index is 5.28. The summed E-state index contributed by atoms with van der Waals surface area (Å²) in [4.78, 5) is 12.9. The van der Waals surface area contributed by atoms with E-state index in [1.54, 1.807) is 0 Å². The molecule has 1 aromatic heterocycles. The zero-order valence-electron chi connectivity index (χ0n) is 30.6. The first-order chi connectivity index (χ1) is 27.8. The summed E-state index contributed by atoms with van der Waals surface area (Å²) < 4.78 is 0. The van der Waals surface area contributed by atoms with E-state index in [1.807, 2.05) is 6.07 Å². The largest absolute Gasteiger partial charge is 0.313 e. The van der Waals surface area contributed by atoms with E-state index in [2.05, 4.69) is 193 Å². The fourth-order valence-electron chi connectivity index (χ4n) is 10.1. The van der Waals surface area contributed by atoms with Crippen LogP contribution < -0.4 is 4.90 Å². The first-order valence-electron chi connectivity index (χ1n) is 19.5. The smallest absolute Gasteiger partial charge is 0.160 e. The van der Waals surface area contributed by atoms with Gasteiger partial charge in [0.2, 0.25) is 0 Å². The van der Waals surface area contributed by atoms with Crippen LogP contribution in [0.5, 0.6) is 0 Å². The Morgan fingerprint density at radius 2 is 1.07 bits per heavy atom. The zero-order valence-corrected chi connectivity index (χ0v) is 30.6. The van der Waals surface area contributed by atoms with Crippen LogP contribution in [0.4, 0.5) is 11.4 Å². The van der Waals surface area contributed by atoms with Crippen LogP contribution in [0, 0.1) is 0 Å². The molecule has 2 atom stereocenters. The van der Waals surface area contributed by atoms with Gasteiger partial charge in [-0.15, -0.1) is 0 Å². The van der Waals surface area contributed by atoms with Crippen molar-refractivity contribution in [3.63, 3.8) is 0 Å². The zero-order chi connectivity index (χ0) is 36.8. The van der Waals surface area contributed by atoms with Gasteiger partial charge >= 0.3 is 0 Å². The molecule has 3 heteroatoms. The van der Waals surface area contributed by atoms with Crippen LogP contribution in [0.1, 0.15) is 40.2 Å². The van der Waals surface area contributed by atoms with E-state index >= 15 is 0 Å². The highest BCUT2D eigenvalue weighted by Crippen LogP contribution is 2.66. The maximum absolute atomic E-state index is 5.28. The molecule has 262 valence electrons. The summed E-state index contributed by atoms with van der Waals surface area (Å²) in [5.74, 6) is 0.992. The first kappa shape index (κ1) is 31.3. The molecule has 8 aromatic rings. The minimum absolute atomic E-state index is 0.268. The fraction of sp³-hybridized carbons (Fsp3) is 0.0566. The van der Waals surface area contributed by atoms with Crippen LogP contribution in [-0.2, 0) is 5.41 Å². The van der Waals surface area contributed by atoms with E-state index in [0.29, 0.717) is 0 Å². The Labute approximate surface area is 326 Å². The molecule has 7 aromatic carbocycles. The predicted octanol–water partition coefficient (Wildman–Crippen LogP) is 12.8. The van der Waals surface area contributed by atoms with Gasteiger partial charge in [-0.1, -0.05) is 158 Å². The Bertz CT molecular complexity index is 2890. The molecule has 2 unspecified atom stereocenters. The average Bonchev–Trinajstić information content (AvgIpc) is 3.87. The van der Waals surface area contributed by atoms with Gasteiger partial charge in [-0.3, -0.25) is 0 Å². The molecular weight excluding hydrogens is 679 g/mol. The third kappa shape index (κ3) is 4.34. The molecule has 0 N–H and O–H groups in total. The molecule has 0 amide bonds. The molecule has 0 radical (unpaired) electrons. The van der Waals surface area contributed by atoms with Gasteiger partial charge in [0.15, 0.2) is 5.82 Å². The van der Waals surface area contributed by atoms with Gasteiger partial charge in [-0.05, 0) is 92.9 Å². The second-order valence-electron chi connectivity index (χ2n) is 15.2. The molecule has 0 saturated heterocycles. The van der Waals surface area contributed by atoms with Gasteiger partial charge < -0.3 is 4.90 Å². The van der Waals surface area contributed by atoms with E-state index in [1.165, 1.54) is 67.2 Å². The Morgan fingerprint density at radius 1 is 0.482 bits per heavy atom. The number of anilines is 2. The highest BCUT2D eigenvalue weighted by atomic mass is 15.2. The van der Waals surface area contributed by atoms with Crippen molar-refractivity contribution in [3.05, 3.63) is 233 Å². The van der Waals surface area contributed by atoms with Gasteiger partial charge in [0.1, 0.15) is 0 Å². The lowest BCUT2D eigenvalue weighted by Crippen LogP contribution is -2.28. The molecule has 2 heterocycles. The molecule has 3 aliphatic carbocycles. The SMILES string of the molecule is C1=C2C(CC3=C1C1(c4ccccc43)c3ccccc3-c3ccc(-c4cc(-c5ccccc5)nc(-c5ccccc5)n4)cc31)c1ccccc1N2c1ccccc1. The van der Waals surface area contributed by atoms with Gasteiger partial charge in [-0.2, -0.15) is 0 Å². The Hall–Kier alpha value is -7.10. The highest BCUT2D eigenvalue weighted by molar-refractivity contribution is 5.98. The standard InChI is InChI=1S/C53H35N3/c1-4-16-34(17-5-1)48-33-49(55-52(54-48)35-18-6-2-7-19-35)36-28-29-40-38-22-10-13-25-44(38)53(46(40)30-36)45-26-14-11-23-39(45)42-31-43-41-24-12-15-27-50(41)56(51(43)32-47(42)53)37-20-8-3-9-21-37/h1-30,32-33,43H,31H2. The summed E-state index contributed by atoms with van der Waals surface area (Å²) in [5.41, 5.74) is 20.5. The Morgan fingerprint density at radius 3 is 1.84 bits per heavy atom. The van der Waals surface area contributed by atoms with Crippen molar-refractivity contribution < 1.29 is 0 Å². The quantitative estimate of drug-likeness (QED) is 0.182. The molecule has 1 spiro atoms. The van der Waals surface area contributed by atoms with Crippen LogP contribution in [0.25, 0.3) is 50.6 Å². The predicted molar refractivity (Wildman–Crippen MR) is 227 cm³/mol. The summed E-state index contributed by atoms with van der Waals surface area (Å²) in [7, 11) is 0. The number of aromatic nitrogens is 2. The van der Waals surface area contributed by atoms with E-state index < -0.39 is 5.41 Å².